The van der Waals surface area contributed by atoms with Crippen LogP contribution in [0, 0.1) is 29.3 Å². The van der Waals surface area contributed by atoms with Gasteiger partial charge in [-0.25, -0.2) is 13.2 Å². The highest BCUT2D eigenvalue weighted by molar-refractivity contribution is 5.82. The molecule has 0 saturated carbocycles. The summed E-state index contributed by atoms with van der Waals surface area (Å²) in [6, 6.07) is 9.31. The van der Waals surface area contributed by atoms with E-state index in [9.17, 15) is 22.8 Å². The van der Waals surface area contributed by atoms with E-state index in [0.717, 1.165) is 5.56 Å². The molecule has 2 aromatic rings. The van der Waals surface area contributed by atoms with Crippen LogP contribution < -0.4 is 10.5 Å². The van der Waals surface area contributed by atoms with E-state index >= 15 is 0 Å². The fraction of sp³-hybridized carbons (Fsp3) is 0.263. The number of hydrogen-bond acceptors (Lipinski definition) is 5. The van der Waals surface area contributed by atoms with Gasteiger partial charge in [0.1, 0.15) is 12.3 Å². The van der Waals surface area contributed by atoms with E-state index in [-0.39, 0.29) is 6.61 Å². The molecule has 2 rings (SSSR count). The average molecular weight is 381 g/mol. The van der Waals surface area contributed by atoms with Gasteiger partial charge < -0.3 is 15.2 Å². The summed E-state index contributed by atoms with van der Waals surface area (Å²) in [5.41, 5.74) is 4.76. The number of halogens is 3. The molecule has 2 aromatic carbocycles. The Morgan fingerprint density at radius 1 is 1.00 bits per heavy atom. The van der Waals surface area contributed by atoms with Crippen molar-refractivity contribution in [3.05, 3.63) is 59.4 Å². The van der Waals surface area contributed by atoms with Crippen LogP contribution in [0.4, 0.5) is 18.9 Å². The summed E-state index contributed by atoms with van der Waals surface area (Å²) in [7, 11) is 0. The number of carbonyl (C=O) groups excluding carboxylic acids is 2. The Hall–Kier alpha value is -3.03. The summed E-state index contributed by atoms with van der Waals surface area (Å²) in [4.78, 5) is 24.2. The van der Waals surface area contributed by atoms with Crippen LogP contribution in [0.2, 0.25) is 0 Å². The lowest BCUT2D eigenvalue weighted by atomic mass is 9.96. The molecule has 0 heterocycles. The highest BCUT2D eigenvalue weighted by Gasteiger charge is 2.30. The van der Waals surface area contributed by atoms with Crippen LogP contribution >= 0.6 is 0 Å². The molecule has 0 radical (unpaired) electrons. The van der Waals surface area contributed by atoms with Crippen LogP contribution in [0.25, 0.3) is 0 Å². The Bertz CT molecular complexity index is 843. The molecule has 2 atom stereocenters. The number of anilines is 1. The van der Waals surface area contributed by atoms with Gasteiger partial charge in [-0.1, -0.05) is 44.2 Å². The van der Waals surface area contributed by atoms with E-state index in [1.165, 1.54) is 13.8 Å². The summed E-state index contributed by atoms with van der Waals surface area (Å²) in [5.74, 6) is -8.88. The van der Waals surface area contributed by atoms with Crippen molar-refractivity contribution in [3.8, 4) is 5.75 Å². The standard InChI is InChI=1S/C19H18F3NO4/c1-10(18(24)26-9-12-6-4-3-5-7-12)11(2)19(25)27-14-8-13(20)15(21)17(23)16(14)22/h3-8,10-11H,9,23H2,1-2H3. The van der Waals surface area contributed by atoms with Gasteiger partial charge in [0.2, 0.25) is 0 Å². The molecular weight excluding hydrogens is 363 g/mol. The van der Waals surface area contributed by atoms with Crippen LogP contribution in [0.3, 0.4) is 0 Å². The molecule has 0 aliphatic rings. The van der Waals surface area contributed by atoms with Crippen molar-refractivity contribution in [1.82, 2.24) is 0 Å². The molecule has 0 aliphatic carbocycles. The van der Waals surface area contributed by atoms with Crippen LogP contribution in [0.1, 0.15) is 19.4 Å². The van der Waals surface area contributed by atoms with Crippen molar-refractivity contribution >= 4 is 17.6 Å². The van der Waals surface area contributed by atoms with Crippen molar-refractivity contribution in [1.29, 1.82) is 0 Å². The maximum absolute atomic E-state index is 13.8. The Kier molecular flexibility index (Phi) is 6.44. The van der Waals surface area contributed by atoms with Gasteiger partial charge in [0.15, 0.2) is 23.2 Å². The lowest BCUT2D eigenvalue weighted by molar-refractivity contribution is -0.156. The van der Waals surface area contributed by atoms with E-state index < -0.39 is 52.7 Å². The highest BCUT2D eigenvalue weighted by atomic mass is 19.2. The first-order valence-electron chi connectivity index (χ1n) is 8.07. The minimum Gasteiger partial charge on any atom is -0.461 e. The fourth-order valence-electron chi connectivity index (χ4n) is 2.14. The summed E-state index contributed by atoms with van der Waals surface area (Å²) in [6.07, 6.45) is 0. The van der Waals surface area contributed by atoms with E-state index in [0.29, 0.717) is 6.07 Å². The molecule has 0 aliphatic heterocycles. The van der Waals surface area contributed by atoms with E-state index in [1.54, 1.807) is 24.3 Å². The number of rotatable bonds is 6. The molecule has 0 saturated heterocycles. The van der Waals surface area contributed by atoms with E-state index in [4.69, 9.17) is 15.2 Å². The summed E-state index contributed by atoms with van der Waals surface area (Å²) >= 11 is 0. The normalized spacial score (nSPS) is 12.9. The third-order valence-electron chi connectivity index (χ3n) is 4.08. The molecule has 5 nitrogen and oxygen atoms in total. The number of carbonyl (C=O) groups is 2. The lowest BCUT2D eigenvalue weighted by Crippen LogP contribution is -2.30. The lowest BCUT2D eigenvalue weighted by Gasteiger charge is -2.18. The molecule has 0 aromatic heterocycles. The zero-order valence-corrected chi connectivity index (χ0v) is 14.7. The second-order valence-electron chi connectivity index (χ2n) is 5.99. The smallest absolute Gasteiger partial charge is 0.315 e. The maximum Gasteiger partial charge on any atom is 0.315 e. The molecule has 2 unspecified atom stereocenters. The molecule has 0 amide bonds. The second-order valence-corrected chi connectivity index (χ2v) is 5.99. The van der Waals surface area contributed by atoms with Crippen molar-refractivity contribution < 1.29 is 32.2 Å². The van der Waals surface area contributed by atoms with Gasteiger partial charge in [0.25, 0.3) is 0 Å². The first-order chi connectivity index (χ1) is 12.7. The van der Waals surface area contributed by atoms with Crippen molar-refractivity contribution in [2.24, 2.45) is 11.8 Å². The molecule has 8 heteroatoms. The fourth-order valence-corrected chi connectivity index (χ4v) is 2.14. The molecule has 27 heavy (non-hydrogen) atoms. The second kappa shape index (κ2) is 8.57. The molecule has 0 fully saturated rings. The predicted octanol–water partition coefficient (Wildman–Crippen LogP) is 3.61. The van der Waals surface area contributed by atoms with Gasteiger partial charge >= 0.3 is 11.9 Å². The van der Waals surface area contributed by atoms with Gasteiger partial charge in [-0.3, -0.25) is 9.59 Å². The molecule has 0 spiro atoms. The van der Waals surface area contributed by atoms with Crippen molar-refractivity contribution in [3.63, 3.8) is 0 Å². The number of esters is 2. The summed E-state index contributed by atoms with van der Waals surface area (Å²) < 4.78 is 50.2. The van der Waals surface area contributed by atoms with Crippen molar-refractivity contribution in [2.45, 2.75) is 20.5 Å². The minimum absolute atomic E-state index is 0.0279. The Labute approximate surface area is 153 Å². The van der Waals surface area contributed by atoms with Crippen LogP contribution in [-0.4, -0.2) is 11.9 Å². The van der Waals surface area contributed by atoms with Crippen LogP contribution in [-0.2, 0) is 20.9 Å². The Balaban J connectivity index is 2.00. The largest absolute Gasteiger partial charge is 0.461 e. The monoisotopic (exact) mass is 381 g/mol. The third-order valence-corrected chi connectivity index (χ3v) is 4.08. The number of benzene rings is 2. The Morgan fingerprint density at radius 3 is 2.22 bits per heavy atom. The van der Waals surface area contributed by atoms with Gasteiger partial charge in [0, 0.05) is 6.07 Å². The molecule has 0 bridgehead atoms. The zero-order chi connectivity index (χ0) is 20.1. The zero-order valence-electron chi connectivity index (χ0n) is 14.7. The number of nitrogens with two attached hydrogens (primary N) is 1. The third kappa shape index (κ3) is 4.78. The molecule has 144 valence electrons. The van der Waals surface area contributed by atoms with Gasteiger partial charge in [-0.2, -0.15) is 0 Å². The highest BCUT2D eigenvalue weighted by Crippen LogP contribution is 2.29. The quantitative estimate of drug-likeness (QED) is 0.358. The predicted molar refractivity (Wildman–Crippen MR) is 90.9 cm³/mol. The number of nitrogen functional groups attached to an aromatic ring is 1. The topological polar surface area (TPSA) is 78.6 Å². The SMILES string of the molecule is CC(C(=O)OCc1ccccc1)C(C)C(=O)Oc1cc(F)c(F)c(N)c1F. The van der Waals surface area contributed by atoms with Crippen LogP contribution in [0.15, 0.2) is 36.4 Å². The minimum atomic E-state index is -1.57. The van der Waals surface area contributed by atoms with Crippen LogP contribution in [0.5, 0.6) is 5.75 Å². The molecular formula is C19H18F3NO4. The van der Waals surface area contributed by atoms with Gasteiger partial charge in [0.05, 0.1) is 11.8 Å². The summed E-state index contributed by atoms with van der Waals surface area (Å²) in [6.45, 7) is 2.84. The first kappa shape index (κ1) is 20.3. The molecule has 2 N–H and O–H groups in total. The Morgan fingerprint density at radius 2 is 1.59 bits per heavy atom. The van der Waals surface area contributed by atoms with E-state index in [1.807, 2.05) is 6.07 Å². The van der Waals surface area contributed by atoms with Crippen molar-refractivity contribution in [2.75, 3.05) is 5.73 Å². The number of hydrogen-bond donors (Lipinski definition) is 1. The maximum atomic E-state index is 13.8. The van der Waals surface area contributed by atoms with Gasteiger partial charge in [-0.05, 0) is 5.56 Å². The number of ether oxygens (including phenoxy) is 2. The summed E-state index contributed by atoms with van der Waals surface area (Å²) in [5, 5.41) is 0. The van der Waals surface area contributed by atoms with Gasteiger partial charge in [-0.15, -0.1) is 0 Å². The van der Waals surface area contributed by atoms with E-state index in [2.05, 4.69) is 0 Å². The average Bonchev–Trinajstić information content (AvgIpc) is 2.68. The first-order valence-corrected chi connectivity index (χ1v) is 8.07.